The molecule has 2 nitrogen and oxygen atoms in total. The number of hydrogen-bond acceptors (Lipinski definition) is 2. The topological polar surface area (TPSA) is 29.4 Å². The minimum atomic E-state index is -0.461. The molecule has 1 aliphatic heterocycles. The minimum absolute atomic E-state index is 0.150. The highest BCUT2D eigenvalue weighted by atomic mass is 19.1. The van der Waals surface area contributed by atoms with Crippen molar-refractivity contribution in [1.29, 1.82) is 0 Å². The van der Waals surface area contributed by atoms with E-state index < -0.39 is 5.82 Å². The van der Waals surface area contributed by atoms with Gasteiger partial charge in [-0.2, -0.15) is 0 Å². The Bertz CT molecular complexity index is 437. The molecule has 0 atom stereocenters. The van der Waals surface area contributed by atoms with Crippen molar-refractivity contribution in [2.45, 2.75) is 26.2 Å². The standard InChI is InChI=1S/C12H12FNO/c1-2-4-8-7-11(15)12-9(13)5-3-6-10(12)14-8/h3,5-6H,2,4,7H2,1H3. The summed E-state index contributed by atoms with van der Waals surface area (Å²) in [6.07, 6.45) is 2.03. The van der Waals surface area contributed by atoms with Crippen LogP contribution >= 0.6 is 0 Å². The maximum Gasteiger partial charge on any atom is 0.173 e. The number of nitrogens with zero attached hydrogens (tertiary/aromatic N) is 1. The van der Waals surface area contributed by atoms with Crippen molar-refractivity contribution in [2.24, 2.45) is 4.99 Å². The Hall–Kier alpha value is -1.51. The van der Waals surface area contributed by atoms with Crippen LogP contribution in [0.25, 0.3) is 0 Å². The lowest BCUT2D eigenvalue weighted by molar-refractivity contribution is 0.0995. The second-order valence-corrected chi connectivity index (χ2v) is 3.66. The maximum absolute atomic E-state index is 13.3. The normalized spacial score (nSPS) is 14.8. The zero-order chi connectivity index (χ0) is 10.8. The van der Waals surface area contributed by atoms with Crippen LogP contribution in [0.2, 0.25) is 0 Å². The molecule has 0 aliphatic carbocycles. The molecule has 0 saturated carbocycles. The van der Waals surface area contributed by atoms with Gasteiger partial charge in [-0.05, 0) is 18.6 Å². The Morgan fingerprint density at radius 1 is 1.47 bits per heavy atom. The van der Waals surface area contributed by atoms with Crippen molar-refractivity contribution in [2.75, 3.05) is 0 Å². The average molecular weight is 205 g/mol. The summed E-state index contributed by atoms with van der Waals surface area (Å²) in [4.78, 5) is 16.0. The van der Waals surface area contributed by atoms with Crippen LogP contribution in [-0.2, 0) is 0 Å². The van der Waals surface area contributed by atoms with Gasteiger partial charge < -0.3 is 0 Å². The van der Waals surface area contributed by atoms with Crippen molar-refractivity contribution >= 4 is 17.2 Å². The molecular formula is C12H12FNO. The predicted octanol–water partition coefficient (Wildman–Crippen LogP) is 3.28. The number of ketones is 1. The number of rotatable bonds is 2. The van der Waals surface area contributed by atoms with Crippen LogP contribution in [0.15, 0.2) is 23.2 Å². The molecule has 15 heavy (non-hydrogen) atoms. The van der Waals surface area contributed by atoms with Crippen LogP contribution in [0, 0.1) is 5.82 Å². The lowest BCUT2D eigenvalue weighted by Crippen LogP contribution is -2.14. The molecule has 1 aromatic rings. The van der Waals surface area contributed by atoms with E-state index in [0.29, 0.717) is 5.69 Å². The van der Waals surface area contributed by atoms with Crippen LogP contribution < -0.4 is 0 Å². The Labute approximate surface area is 87.8 Å². The van der Waals surface area contributed by atoms with Crippen molar-refractivity contribution in [3.8, 4) is 0 Å². The lowest BCUT2D eigenvalue weighted by atomic mass is 9.98. The Balaban J connectivity index is 2.47. The molecular weight excluding hydrogens is 193 g/mol. The summed E-state index contributed by atoms with van der Waals surface area (Å²) in [6, 6.07) is 4.57. The van der Waals surface area contributed by atoms with Gasteiger partial charge in [0.05, 0.1) is 11.3 Å². The van der Waals surface area contributed by atoms with E-state index in [0.717, 1.165) is 18.6 Å². The Morgan fingerprint density at radius 3 is 3.00 bits per heavy atom. The van der Waals surface area contributed by atoms with Gasteiger partial charge in [0.15, 0.2) is 5.78 Å². The smallest absolute Gasteiger partial charge is 0.173 e. The fourth-order valence-corrected chi connectivity index (χ4v) is 1.80. The predicted molar refractivity (Wildman–Crippen MR) is 57.4 cm³/mol. The Morgan fingerprint density at radius 2 is 2.27 bits per heavy atom. The van der Waals surface area contributed by atoms with E-state index in [1.165, 1.54) is 6.07 Å². The summed E-state index contributed by atoms with van der Waals surface area (Å²) in [5.74, 6) is -0.613. The third-order valence-electron chi connectivity index (χ3n) is 2.45. The molecule has 0 N–H and O–H groups in total. The van der Waals surface area contributed by atoms with E-state index in [-0.39, 0.29) is 17.8 Å². The maximum atomic E-state index is 13.3. The summed E-state index contributed by atoms with van der Waals surface area (Å²) in [5.41, 5.74) is 1.49. The van der Waals surface area contributed by atoms with E-state index in [9.17, 15) is 9.18 Å². The molecule has 1 heterocycles. The van der Waals surface area contributed by atoms with Crippen molar-refractivity contribution < 1.29 is 9.18 Å². The molecule has 78 valence electrons. The van der Waals surface area contributed by atoms with Crippen LogP contribution in [-0.4, -0.2) is 11.5 Å². The van der Waals surface area contributed by atoms with Gasteiger partial charge >= 0.3 is 0 Å². The summed E-state index contributed by atoms with van der Waals surface area (Å²) in [6.45, 7) is 2.04. The van der Waals surface area contributed by atoms with Gasteiger partial charge in [0.2, 0.25) is 0 Å². The molecule has 0 aromatic heterocycles. The molecule has 0 bridgehead atoms. The van der Waals surface area contributed by atoms with Crippen molar-refractivity contribution in [1.82, 2.24) is 0 Å². The third-order valence-corrected chi connectivity index (χ3v) is 2.45. The molecule has 0 radical (unpaired) electrons. The average Bonchev–Trinajstić information content (AvgIpc) is 2.17. The molecule has 1 aromatic carbocycles. The summed E-state index contributed by atoms with van der Waals surface area (Å²) >= 11 is 0. The minimum Gasteiger partial charge on any atom is -0.294 e. The molecule has 0 fully saturated rings. The number of carbonyl (C=O) groups is 1. The monoisotopic (exact) mass is 205 g/mol. The summed E-state index contributed by atoms with van der Waals surface area (Å²) in [7, 11) is 0. The number of carbonyl (C=O) groups excluding carboxylic acids is 1. The van der Waals surface area contributed by atoms with Gasteiger partial charge in [0.1, 0.15) is 5.82 Å². The number of hydrogen-bond donors (Lipinski definition) is 0. The third kappa shape index (κ3) is 1.82. The first kappa shape index (κ1) is 10.0. The molecule has 1 aliphatic rings. The van der Waals surface area contributed by atoms with Gasteiger partial charge in [-0.15, -0.1) is 0 Å². The molecule has 2 rings (SSSR count). The number of fused-ring (bicyclic) bond motifs is 1. The molecule has 3 heteroatoms. The zero-order valence-corrected chi connectivity index (χ0v) is 8.59. The van der Waals surface area contributed by atoms with Gasteiger partial charge in [-0.3, -0.25) is 9.79 Å². The first-order chi connectivity index (χ1) is 7.22. The van der Waals surface area contributed by atoms with Crippen molar-refractivity contribution in [3.63, 3.8) is 0 Å². The van der Waals surface area contributed by atoms with Gasteiger partial charge in [-0.25, -0.2) is 4.39 Å². The van der Waals surface area contributed by atoms with Gasteiger partial charge in [-0.1, -0.05) is 19.4 Å². The molecule has 0 spiro atoms. The van der Waals surface area contributed by atoms with Crippen LogP contribution in [0.5, 0.6) is 0 Å². The largest absolute Gasteiger partial charge is 0.294 e. The number of aliphatic imine (C=N–C) groups is 1. The van der Waals surface area contributed by atoms with E-state index >= 15 is 0 Å². The second kappa shape index (κ2) is 3.93. The van der Waals surface area contributed by atoms with Crippen molar-refractivity contribution in [3.05, 3.63) is 29.6 Å². The van der Waals surface area contributed by atoms with E-state index in [4.69, 9.17) is 0 Å². The van der Waals surface area contributed by atoms with E-state index in [1.807, 2.05) is 6.92 Å². The van der Waals surface area contributed by atoms with Crippen LogP contribution in [0.1, 0.15) is 36.5 Å². The number of benzene rings is 1. The first-order valence-electron chi connectivity index (χ1n) is 5.10. The second-order valence-electron chi connectivity index (χ2n) is 3.66. The van der Waals surface area contributed by atoms with Gasteiger partial charge in [0, 0.05) is 12.1 Å². The summed E-state index contributed by atoms with van der Waals surface area (Å²) in [5, 5.41) is 0. The van der Waals surface area contributed by atoms with Crippen LogP contribution in [0.4, 0.5) is 10.1 Å². The highest BCUT2D eigenvalue weighted by Crippen LogP contribution is 2.28. The lowest BCUT2D eigenvalue weighted by Gasteiger charge is -2.14. The highest BCUT2D eigenvalue weighted by Gasteiger charge is 2.22. The fourth-order valence-electron chi connectivity index (χ4n) is 1.80. The van der Waals surface area contributed by atoms with E-state index in [2.05, 4.69) is 4.99 Å². The first-order valence-corrected chi connectivity index (χ1v) is 5.10. The quantitative estimate of drug-likeness (QED) is 0.728. The molecule has 0 saturated heterocycles. The van der Waals surface area contributed by atoms with Crippen LogP contribution in [0.3, 0.4) is 0 Å². The molecule has 0 unspecified atom stereocenters. The van der Waals surface area contributed by atoms with Gasteiger partial charge in [0.25, 0.3) is 0 Å². The summed E-state index contributed by atoms with van der Waals surface area (Å²) < 4.78 is 13.3. The number of halogens is 1. The highest BCUT2D eigenvalue weighted by molar-refractivity contribution is 6.15. The SMILES string of the molecule is CCCC1=Nc2cccc(F)c2C(=O)C1. The van der Waals surface area contributed by atoms with E-state index in [1.54, 1.807) is 12.1 Å². The zero-order valence-electron chi connectivity index (χ0n) is 8.59. The fraction of sp³-hybridized carbons (Fsp3) is 0.333. The Kier molecular flexibility index (Phi) is 2.62. The number of Topliss-reactive ketones (excluding diaryl/α,β-unsaturated/α-hetero) is 1. The molecule has 0 amide bonds.